The predicted octanol–water partition coefficient (Wildman–Crippen LogP) is 1.54. The summed E-state index contributed by atoms with van der Waals surface area (Å²) in [6, 6.07) is 0. The summed E-state index contributed by atoms with van der Waals surface area (Å²) in [7, 11) is 0. The van der Waals surface area contributed by atoms with E-state index in [0.717, 1.165) is 38.5 Å². The Kier molecular flexibility index (Phi) is 1.65. The lowest BCUT2D eigenvalue weighted by Crippen LogP contribution is -2.47. The van der Waals surface area contributed by atoms with Crippen LogP contribution in [0.3, 0.4) is 0 Å². The van der Waals surface area contributed by atoms with E-state index in [4.69, 9.17) is 0 Å². The molecule has 0 bridgehead atoms. The molecular weight excluding hydrogens is 190 g/mol. The van der Waals surface area contributed by atoms with Gasteiger partial charge in [0, 0.05) is 0 Å². The fourth-order valence-electron chi connectivity index (χ4n) is 3.67. The van der Waals surface area contributed by atoms with Crippen molar-refractivity contribution < 1.29 is 9.59 Å². The first kappa shape index (κ1) is 9.13. The van der Waals surface area contributed by atoms with Gasteiger partial charge in [0.15, 0.2) is 0 Å². The summed E-state index contributed by atoms with van der Waals surface area (Å²) in [5.41, 5.74) is -0.877. The standard InChI is InChI=1S/C12H15NO2/c14-9-11-5-1-2-6-12(11,10(15)13-9)8-4-3-7-11/h1,5H,2-4,6-8H2,(H,13,14,15). The molecule has 3 nitrogen and oxygen atoms in total. The number of allylic oxidation sites excluding steroid dienone is 1. The fraction of sp³-hybridized carbons (Fsp3) is 0.667. The highest BCUT2D eigenvalue weighted by molar-refractivity contribution is 6.11. The largest absolute Gasteiger partial charge is 0.295 e. The number of hydrogen-bond donors (Lipinski definition) is 1. The number of carbonyl (C=O) groups is 2. The average molecular weight is 205 g/mol. The second-order valence-corrected chi connectivity index (χ2v) is 4.98. The summed E-state index contributed by atoms with van der Waals surface area (Å²) in [4.78, 5) is 24.0. The molecule has 15 heavy (non-hydrogen) atoms. The van der Waals surface area contributed by atoms with Gasteiger partial charge in [0.05, 0.1) is 10.8 Å². The Morgan fingerprint density at radius 2 is 1.87 bits per heavy atom. The molecule has 2 amide bonds. The summed E-state index contributed by atoms with van der Waals surface area (Å²) in [5.74, 6) is -0.0697. The van der Waals surface area contributed by atoms with E-state index in [0.29, 0.717) is 0 Å². The number of imide groups is 1. The number of carbonyl (C=O) groups excluding carboxylic acids is 2. The Labute approximate surface area is 88.9 Å². The van der Waals surface area contributed by atoms with Crippen molar-refractivity contribution in [3.05, 3.63) is 12.2 Å². The molecule has 1 aliphatic heterocycles. The minimum absolute atomic E-state index is 0.0171. The zero-order valence-corrected chi connectivity index (χ0v) is 8.71. The van der Waals surface area contributed by atoms with Gasteiger partial charge in [0.2, 0.25) is 11.8 Å². The van der Waals surface area contributed by atoms with Gasteiger partial charge in [-0.15, -0.1) is 0 Å². The van der Waals surface area contributed by atoms with Crippen LogP contribution in [0.25, 0.3) is 0 Å². The van der Waals surface area contributed by atoms with Crippen molar-refractivity contribution in [1.82, 2.24) is 5.32 Å². The van der Waals surface area contributed by atoms with Crippen molar-refractivity contribution in [2.75, 3.05) is 0 Å². The van der Waals surface area contributed by atoms with Crippen LogP contribution in [0.5, 0.6) is 0 Å². The third-order valence-corrected chi connectivity index (χ3v) is 4.49. The van der Waals surface area contributed by atoms with Gasteiger partial charge < -0.3 is 0 Å². The number of rotatable bonds is 0. The average Bonchev–Trinajstić information content (AvgIpc) is 2.50. The monoisotopic (exact) mass is 205 g/mol. The Balaban J connectivity index is 2.19. The Hall–Kier alpha value is -1.12. The van der Waals surface area contributed by atoms with E-state index in [2.05, 4.69) is 11.4 Å². The van der Waals surface area contributed by atoms with E-state index < -0.39 is 10.8 Å². The zero-order valence-electron chi connectivity index (χ0n) is 8.71. The first-order valence-electron chi connectivity index (χ1n) is 5.75. The van der Waals surface area contributed by atoms with Crippen molar-refractivity contribution in [3.63, 3.8) is 0 Å². The molecule has 3 heteroatoms. The first-order chi connectivity index (χ1) is 7.21. The van der Waals surface area contributed by atoms with Crippen molar-refractivity contribution >= 4 is 11.8 Å². The molecule has 80 valence electrons. The van der Waals surface area contributed by atoms with Crippen LogP contribution in [0.4, 0.5) is 0 Å². The maximum absolute atomic E-state index is 12.0. The highest BCUT2D eigenvalue weighted by Gasteiger charge is 2.65. The summed E-state index contributed by atoms with van der Waals surface area (Å²) >= 11 is 0. The second-order valence-electron chi connectivity index (χ2n) is 4.98. The van der Waals surface area contributed by atoms with Crippen molar-refractivity contribution in [2.24, 2.45) is 10.8 Å². The lowest BCUT2D eigenvalue weighted by molar-refractivity contribution is -0.136. The number of amides is 2. The topological polar surface area (TPSA) is 46.2 Å². The zero-order chi connectivity index (χ0) is 10.5. The van der Waals surface area contributed by atoms with Gasteiger partial charge in [-0.25, -0.2) is 0 Å². The van der Waals surface area contributed by atoms with Crippen molar-refractivity contribution in [2.45, 2.75) is 38.5 Å². The van der Waals surface area contributed by atoms with E-state index in [-0.39, 0.29) is 11.8 Å². The molecule has 0 aromatic carbocycles. The normalized spacial score (nSPS) is 43.5. The van der Waals surface area contributed by atoms with E-state index in [9.17, 15) is 9.59 Å². The van der Waals surface area contributed by atoms with Crippen LogP contribution >= 0.6 is 0 Å². The van der Waals surface area contributed by atoms with Crippen molar-refractivity contribution in [1.29, 1.82) is 0 Å². The first-order valence-corrected chi connectivity index (χ1v) is 5.75. The quantitative estimate of drug-likeness (QED) is 0.481. The van der Waals surface area contributed by atoms with E-state index in [1.165, 1.54) is 0 Å². The van der Waals surface area contributed by atoms with Gasteiger partial charge in [0.1, 0.15) is 0 Å². The van der Waals surface area contributed by atoms with Crippen molar-refractivity contribution in [3.8, 4) is 0 Å². The van der Waals surface area contributed by atoms with E-state index >= 15 is 0 Å². The molecule has 0 spiro atoms. The third kappa shape index (κ3) is 0.869. The molecule has 2 atom stereocenters. The summed E-state index contributed by atoms with van der Waals surface area (Å²) < 4.78 is 0. The van der Waals surface area contributed by atoms with Crippen LogP contribution in [-0.4, -0.2) is 11.8 Å². The highest BCUT2D eigenvalue weighted by Crippen LogP contribution is 2.59. The molecule has 2 fully saturated rings. The molecule has 0 radical (unpaired) electrons. The van der Waals surface area contributed by atoms with E-state index in [1.807, 2.05) is 6.08 Å². The summed E-state index contributed by atoms with van der Waals surface area (Å²) in [6.45, 7) is 0. The summed E-state index contributed by atoms with van der Waals surface area (Å²) in [5, 5.41) is 2.55. The van der Waals surface area contributed by atoms with Gasteiger partial charge >= 0.3 is 0 Å². The minimum Gasteiger partial charge on any atom is -0.295 e. The minimum atomic E-state index is -0.486. The van der Waals surface area contributed by atoms with Gasteiger partial charge in [-0.1, -0.05) is 25.0 Å². The third-order valence-electron chi connectivity index (χ3n) is 4.49. The molecule has 3 aliphatic rings. The molecule has 3 rings (SSSR count). The van der Waals surface area contributed by atoms with Gasteiger partial charge in [0.25, 0.3) is 0 Å². The second kappa shape index (κ2) is 2.71. The predicted molar refractivity (Wildman–Crippen MR) is 54.9 cm³/mol. The molecule has 1 saturated carbocycles. The highest BCUT2D eigenvalue weighted by atomic mass is 16.2. The molecule has 1 N–H and O–H groups in total. The Bertz CT molecular complexity index is 374. The maximum atomic E-state index is 12.0. The van der Waals surface area contributed by atoms with Gasteiger partial charge in [-0.05, 0) is 25.7 Å². The molecule has 1 saturated heterocycles. The molecule has 2 unspecified atom stereocenters. The number of nitrogens with one attached hydrogen (secondary N) is 1. The van der Waals surface area contributed by atoms with Crippen LogP contribution in [0.1, 0.15) is 38.5 Å². The van der Waals surface area contributed by atoms with Gasteiger partial charge in [-0.2, -0.15) is 0 Å². The molecular formula is C12H15NO2. The lowest BCUT2D eigenvalue weighted by Gasteiger charge is -2.45. The SMILES string of the molecule is O=C1NC(=O)C23CCC=CC12CCCC3. The number of hydrogen-bond acceptors (Lipinski definition) is 2. The van der Waals surface area contributed by atoms with Crippen LogP contribution in [0.15, 0.2) is 12.2 Å². The summed E-state index contributed by atoms with van der Waals surface area (Å²) in [6.07, 6.45) is 9.74. The van der Waals surface area contributed by atoms with Crippen LogP contribution in [-0.2, 0) is 9.59 Å². The van der Waals surface area contributed by atoms with Crippen LogP contribution in [0, 0.1) is 10.8 Å². The molecule has 2 aliphatic carbocycles. The molecule has 1 heterocycles. The molecule has 0 aromatic rings. The van der Waals surface area contributed by atoms with Gasteiger partial charge in [-0.3, -0.25) is 14.9 Å². The Morgan fingerprint density at radius 1 is 1.07 bits per heavy atom. The van der Waals surface area contributed by atoms with Crippen LogP contribution < -0.4 is 5.32 Å². The smallest absolute Gasteiger partial charge is 0.237 e. The Morgan fingerprint density at radius 3 is 2.67 bits per heavy atom. The fourth-order valence-corrected chi connectivity index (χ4v) is 3.67. The van der Waals surface area contributed by atoms with Crippen LogP contribution in [0.2, 0.25) is 0 Å². The molecule has 0 aromatic heterocycles. The maximum Gasteiger partial charge on any atom is 0.237 e. The van der Waals surface area contributed by atoms with E-state index in [1.54, 1.807) is 0 Å². The lowest BCUT2D eigenvalue weighted by atomic mass is 9.53.